The Bertz CT molecular complexity index is 1210. The minimum absolute atomic E-state index is 0.252. The van der Waals surface area contributed by atoms with Gasteiger partial charge in [-0.15, -0.1) is 0 Å². The molecule has 0 aliphatic carbocycles. The van der Waals surface area contributed by atoms with Crippen molar-refractivity contribution in [3.05, 3.63) is 66.1 Å². The Kier molecular flexibility index (Phi) is 5.93. The van der Waals surface area contributed by atoms with E-state index in [0.717, 1.165) is 53.5 Å². The lowest BCUT2D eigenvalue weighted by atomic mass is 10.1. The summed E-state index contributed by atoms with van der Waals surface area (Å²) in [5, 5.41) is 4.11. The van der Waals surface area contributed by atoms with Gasteiger partial charge in [-0.3, -0.25) is 0 Å². The molecule has 6 nitrogen and oxygen atoms in total. The zero-order chi connectivity index (χ0) is 21.8. The quantitative estimate of drug-likeness (QED) is 0.345. The van der Waals surface area contributed by atoms with Crippen LogP contribution in [0.4, 0.5) is 27.5 Å². The van der Waals surface area contributed by atoms with Crippen LogP contribution in [0.5, 0.6) is 0 Å². The Morgan fingerprint density at radius 2 is 1.71 bits per heavy atom. The minimum Gasteiger partial charge on any atom is -0.398 e. The maximum absolute atomic E-state index is 13.2. The molecular formula is C24H25FN6. The molecule has 31 heavy (non-hydrogen) atoms. The fourth-order valence-electron chi connectivity index (χ4n) is 3.51. The number of benzene rings is 2. The molecule has 0 atom stereocenters. The van der Waals surface area contributed by atoms with E-state index >= 15 is 0 Å². The van der Waals surface area contributed by atoms with Crippen LogP contribution in [0, 0.1) is 5.82 Å². The van der Waals surface area contributed by atoms with Crippen molar-refractivity contribution in [2.45, 2.75) is 32.6 Å². The number of aromatic nitrogens is 3. The molecule has 4 aromatic rings. The van der Waals surface area contributed by atoms with Crippen LogP contribution in [-0.4, -0.2) is 15.0 Å². The third kappa shape index (κ3) is 4.88. The van der Waals surface area contributed by atoms with Gasteiger partial charge in [-0.2, -0.15) is 4.98 Å². The van der Waals surface area contributed by atoms with Crippen LogP contribution in [0.2, 0.25) is 0 Å². The second-order valence-corrected chi connectivity index (χ2v) is 7.52. The number of nitrogens with two attached hydrogens (primary N) is 2. The number of aryl methyl sites for hydroxylation is 1. The molecule has 5 N–H and O–H groups in total. The predicted octanol–water partition coefficient (Wildman–Crippen LogP) is 5.47. The molecule has 0 spiro atoms. The van der Waals surface area contributed by atoms with Gasteiger partial charge in [0.05, 0.1) is 11.2 Å². The molecule has 2 aromatic carbocycles. The molecule has 0 fully saturated rings. The Labute approximate surface area is 180 Å². The van der Waals surface area contributed by atoms with E-state index < -0.39 is 0 Å². The van der Waals surface area contributed by atoms with Gasteiger partial charge in [-0.25, -0.2) is 14.4 Å². The number of halogens is 1. The Morgan fingerprint density at radius 1 is 0.903 bits per heavy atom. The molecule has 158 valence electrons. The Morgan fingerprint density at radius 3 is 2.48 bits per heavy atom. The van der Waals surface area contributed by atoms with E-state index in [0.29, 0.717) is 17.2 Å². The summed E-state index contributed by atoms with van der Waals surface area (Å²) in [6, 6.07) is 15.7. The largest absolute Gasteiger partial charge is 0.398 e. The highest BCUT2D eigenvalue weighted by molar-refractivity contribution is 5.95. The molecule has 0 saturated carbocycles. The van der Waals surface area contributed by atoms with E-state index in [9.17, 15) is 4.39 Å². The standard InChI is InChI=1S/C24H25FN6/c1-2-3-4-5-17-13-23(31-24(27)29-17)28-18-10-11-21-19(12-18)20(26)14-22(30-21)15-6-8-16(25)9-7-15/h6-14H,2-5H2,1H3,(H2,26,30)(H3,27,28,29,31). The van der Waals surface area contributed by atoms with Crippen molar-refractivity contribution >= 4 is 34.0 Å². The average Bonchev–Trinajstić information content (AvgIpc) is 2.74. The highest BCUT2D eigenvalue weighted by atomic mass is 19.1. The van der Waals surface area contributed by atoms with Gasteiger partial charge in [0.25, 0.3) is 0 Å². The first-order valence-corrected chi connectivity index (χ1v) is 10.4. The molecule has 2 heterocycles. The number of anilines is 4. The summed E-state index contributed by atoms with van der Waals surface area (Å²) in [5.41, 5.74) is 16.8. The van der Waals surface area contributed by atoms with Gasteiger partial charge in [0.1, 0.15) is 11.6 Å². The first-order chi connectivity index (χ1) is 15.0. The normalized spacial score (nSPS) is 11.0. The second kappa shape index (κ2) is 8.95. The summed E-state index contributed by atoms with van der Waals surface area (Å²) < 4.78 is 13.2. The number of fused-ring (bicyclic) bond motifs is 1. The maximum Gasteiger partial charge on any atom is 0.222 e. The molecule has 0 aliphatic heterocycles. The molecule has 0 saturated heterocycles. The van der Waals surface area contributed by atoms with Crippen molar-refractivity contribution in [3.8, 4) is 11.3 Å². The van der Waals surface area contributed by atoms with Crippen LogP contribution in [-0.2, 0) is 6.42 Å². The van der Waals surface area contributed by atoms with E-state index in [2.05, 4.69) is 27.2 Å². The highest BCUT2D eigenvalue weighted by Gasteiger charge is 2.09. The van der Waals surface area contributed by atoms with Gasteiger partial charge < -0.3 is 16.8 Å². The maximum atomic E-state index is 13.2. The van der Waals surface area contributed by atoms with Crippen LogP contribution < -0.4 is 16.8 Å². The van der Waals surface area contributed by atoms with Crippen molar-refractivity contribution < 1.29 is 4.39 Å². The summed E-state index contributed by atoms with van der Waals surface area (Å²) >= 11 is 0. The Hall–Kier alpha value is -3.74. The van der Waals surface area contributed by atoms with Crippen LogP contribution in [0.3, 0.4) is 0 Å². The molecule has 0 aliphatic rings. The van der Waals surface area contributed by atoms with Crippen molar-refractivity contribution in [3.63, 3.8) is 0 Å². The van der Waals surface area contributed by atoms with Gasteiger partial charge in [0.15, 0.2) is 0 Å². The van der Waals surface area contributed by atoms with Crippen molar-refractivity contribution in [2.75, 3.05) is 16.8 Å². The number of hydrogen-bond acceptors (Lipinski definition) is 6. The number of unbranched alkanes of at least 4 members (excludes halogenated alkanes) is 2. The molecule has 7 heteroatoms. The number of hydrogen-bond donors (Lipinski definition) is 3. The molecule has 4 rings (SSSR count). The predicted molar refractivity (Wildman–Crippen MR) is 125 cm³/mol. The monoisotopic (exact) mass is 416 g/mol. The second-order valence-electron chi connectivity index (χ2n) is 7.52. The van der Waals surface area contributed by atoms with Gasteiger partial charge in [0.2, 0.25) is 5.95 Å². The third-order valence-electron chi connectivity index (χ3n) is 5.09. The van der Waals surface area contributed by atoms with Crippen LogP contribution >= 0.6 is 0 Å². The van der Waals surface area contributed by atoms with E-state index in [-0.39, 0.29) is 11.8 Å². The molecule has 0 amide bonds. The summed E-state index contributed by atoms with van der Waals surface area (Å²) in [7, 11) is 0. The number of pyridine rings is 1. The van der Waals surface area contributed by atoms with Crippen LogP contribution in [0.1, 0.15) is 31.9 Å². The van der Waals surface area contributed by atoms with Crippen molar-refractivity contribution in [1.82, 2.24) is 15.0 Å². The lowest BCUT2D eigenvalue weighted by Gasteiger charge is -2.11. The molecular weight excluding hydrogens is 391 g/mol. The van der Waals surface area contributed by atoms with Gasteiger partial charge in [-0.1, -0.05) is 19.8 Å². The van der Waals surface area contributed by atoms with Crippen LogP contribution in [0.15, 0.2) is 54.6 Å². The van der Waals surface area contributed by atoms with Gasteiger partial charge >= 0.3 is 0 Å². The number of nitrogens with one attached hydrogen (secondary N) is 1. The smallest absolute Gasteiger partial charge is 0.222 e. The van der Waals surface area contributed by atoms with E-state index in [1.807, 2.05) is 24.3 Å². The fourth-order valence-corrected chi connectivity index (χ4v) is 3.51. The summed E-state index contributed by atoms with van der Waals surface area (Å²) in [6.45, 7) is 2.17. The molecule has 0 radical (unpaired) electrons. The highest BCUT2D eigenvalue weighted by Crippen LogP contribution is 2.29. The first-order valence-electron chi connectivity index (χ1n) is 10.4. The summed E-state index contributed by atoms with van der Waals surface area (Å²) in [6.07, 6.45) is 4.25. The van der Waals surface area contributed by atoms with Gasteiger partial charge in [-0.05, 0) is 61.4 Å². The zero-order valence-electron chi connectivity index (χ0n) is 17.4. The number of rotatable bonds is 7. The van der Waals surface area contributed by atoms with Crippen molar-refractivity contribution in [2.24, 2.45) is 0 Å². The fraction of sp³-hybridized carbons (Fsp3) is 0.208. The topological polar surface area (TPSA) is 103 Å². The molecule has 0 bridgehead atoms. The molecule has 2 aromatic heterocycles. The Balaban J connectivity index is 1.60. The SMILES string of the molecule is CCCCCc1cc(Nc2ccc3nc(-c4ccc(F)cc4)cc(N)c3c2)nc(N)n1. The lowest BCUT2D eigenvalue weighted by Crippen LogP contribution is -2.03. The average molecular weight is 417 g/mol. The van der Waals surface area contributed by atoms with E-state index in [4.69, 9.17) is 11.5 Å². The molecule has 0 unspecified atom stereocenters. The number of nitrogens with zero attached hydrogens (tertiary/aromatic N) is 3. The zero-order valence-corrected chi connectivity index (χ0v) is 17.4. The summed E-state index contributed by atoms with van der Waals surface area (Å²) in [4.78, 5) is 13.3. The van der Waals surface area contributed by atoms with Crippen molar-refractivity contribution in [1.29, 1.82) is 0 Å². The van der Waals surface area contributed by atoms with E-state index in [1.54, 1.807) is 18.2 Å². The third-order valence-corrected chi connectivity index (χ3v) is 5.09. The van der Waals surface area contributed by atoms with E-state index in [1.165, 1.54) is 12.1 Å². The van der Waals surface area contributed by atoms with Crippen LogP contribution in [0.25, 0.3) is 22.2 Å². The summed E-state index contributed by atoms with van der Waals surface area (Å²) in [5.74, 6) is 0.613. The lowest BCUT2D eigenvalue weighted by molar-refractivity contribution is 0.628. The minimum atomic E-state index is -0.285. The first kappa shape index (κ1) is 20.5. The number of nitrogen functional groups attached to an aromatic ring is 2. The van der Waals surface area contributed by atoms with Gasteiger partial charge in [0, 0.05) is 34.1 Å².